The molecule has 22 heavy (non-hydrogen) atoms. The molecular weight excluding hydrogens is 325 g/mol. The zero-order chi connectivity index (χ0) is 17.5. The van der Waals surface area contributed by atoms with Crippen molar-refractivity contribution in [3.63, 3.8) is 0 Å². The van der Waals surface area contributed by atoms with E-state index in [1.165, 1.54) is 4.31 Å². The Kier molecular flexibility index (Phi) is 8.48. The van der Waals surface area contributed by atoms with E-state index in [-0.39, 0.29) is 28.9 Å². The van der Waals surface area contributed by atoms with Crippen LogP contribution in [0, 0.1) is 0 Å². The Bertz CT molecular complexity index is 437. The SMILES string of the molecule is CC(C)(C)[Si](C)(C)CN(C[Si](C)(C)C(C)(C)C)S(=O)(=O)[O-].[Li+]. The topological polar surface area (TPSA) is 60.4 Å². The summed E-state index contributed by atoms with van der Waals surface area (Å²) in [6.45, 7) is 21.5. The van der Waals surface area contributed by atoms with E-state index in [1.54, 1.807) is 0 Å². The maximum Gasteiger partial charge on any atom is 1.00 e. The van der Waals surface area contributed by atoms with Gasteiger partial charge >= 0.3 is 18.9 Å². The van der Waals surface area contributed by atoms with Crippen molar-refractivity contribution < 1.29 is 31.8 Å². The fourth-order valence-corrected chi connectivity index (χ4v) is 7.93. The smallest absolute Gasteiger partial charge is 0.735 e. The Balaban J connectivity index is 0. The van der Waals surface area contributed by atoms with Crippen molar-refractivity contribution in [2.45, 2.75) is 77.8 Å². The first-order valence-corrected chi connectivity index (χ1v) is 15.3. The van der Waals surface area contributed by atoms with E-state index >= 15 is 0 Å². The molecule has 0 saturated heterocycles. The molecule has 0 fully saturated rings. The molecule has 0 amide bonds. The maximum atomic E-state index is 11.8. The fraction of sp³-hybridized carbons (Fsp3) is 1.00. The summed E-state index contributed by atoms with van der Waals surface area (Å²) < 4.78 is 36.5. The number of hydrogen-bond acceptors (Lipinski definition) is 3. The number of hydrogen-bond donors (Lipinski definition) is 0. The molecule has 0 N–H and O–H groups in total. The average Bonchev–Trinajstić information content (AvgIpc) is 2.10. The van der Waals surface area contributed by atoms with E-state index < -0.39 is 26.5 Å². The molecule has 0 rings (SSSR count). The van der Waals surface area contributed by atoms with Gasteiger partial charge < -0.3 is 4.55 Å². The van der Waals surface area contributed by atoms with Gasteiger partial charge in [0.15, 0.2) is 10.3 Å². The molecule has 0 aromatic heterocycles. The molecule has 0 aliphatic rings. The molecule has 0 aromatic rings. The average molecular weight is 360 g/mol. The van der Waals surface area contributed by atoms with Gasteiger partial charge in [-0.05, 0) is 10.1 Å². The molecule has 0 unspecified atom stereocenters. The third-order valence-corrected chi connectivity index (χ3v) is 17.3. The summed E-state index contributed by atoms with van der Waals surface area (Å²) in [5.41, 5.74) is 0. The van der Waals surface area contributed by atoms with Crippen LogP contribution in [0.5, 0.6) is 0 Å². The second kappa shape index (κ2) is 7.42. The predicted octanol–water partition coefficient (Wildman–Crippen LogP) is 0.848. The van der Waals surface area contributed by atoms with Gasteiger partial charge in [0.1, 0.15) is 0 Å². The first-order chi connectivity index (χ1) is 8.81. The van der Waals surface area contributed by atoms with Gasteiger partial charge in [-0.1, -0.05) is 67.7 Å². The van der Waals surface area contributed by atoms with E-state index in [0.717, 1.165) is 0 Å². The van der Waals surface area contributed by atoms with Gasteiger partial charge in [-0.2, -0.15) is 0 Å². The van der Waals surface area contributed by atoms with Crippen LogP contribution >= 0.6 is 0 Å². The molecule has 0 aliphatic heterocycles. The molecule has 0 saturated carbocycles. The van der Waals surface area contributed by atoms with E-state index in [1.807, 2.05) is 0 Å². The Hall–Kier alpha value is 0.901. The summed E-state index contributed by atoms with van der Waals surface area (Å²) in [4.78, 5) is 0. The van der Waals surface area contributed by atoms with Crippen LogP contribution in [0.2, 0.25) is 36.3 Å². The second-order valence-corrected chi connectivity index (χ2v) is 22.0. The van der Waals surface area contributed by atoms with Crippen molar-refractivity contribution in [3.05, 3.63) is 0 Å². The van der Waals surface area contributed by atoms with Crippen LogP contribution < -0.4 is 18.9 Å². The van der Waals surface area contributed by atoms with Crippen molar-refractivity contribution in [1.29, 1.82) is 0 Å². The van der Waals surface area contributed by atoms with Crippen LogP contribution in [-0.4, -0.2) is 45.8 Å². The summed E-state index contributed by atoms with van der Waals surface area (Å²) in [6.07, 6.45) is 0.823. The quantitative estimate of drug-likeness (QED) is 0.540. The van der Waals surface area contributed by atoms with Gasteiger partial charge in [-0.15, -0.1) is 0 Å². The first kappa shape index (κ1) is 25.1. The summed E-state index contributed by atoms with van der Waals surface area (Å²) in [5, 5.41) is 0.118. The van der Waals surface area contributed by atoms with Gasteiger partial charge in [-0.3, -0.25) is 0 Å². The Morgan fingerprint density at radius 2 is 1.05 bits per heavy atom. The van der Waals surface area contributed by atoms with Crippen molar-refractivity contribution in [3.8, 4) is 0 Å². The second-order valence-electron chi connectivity index (χ2n) is 9.49. The van der Waals surface area contributed by atoms with Crippen molar-refractivity contribution >= 4 is 26.5 Å². The molecule has 0 aliphatic carbocycles. The molecule has 0 aromatic carbocycles. The standard InChI is InChI=1S/C14H35NO3SSi2.Li/c1-13(2,3)20(7,8)11-15(19(16,17)18)12-21(9,10)14(4,5)6;/h11-12H2,1-10H3,(H,16,17,18);/q;+1/p-1. The van der Waals surface area contributed by atoms with Crippen molar-refractivity contribution in [2.24, 2.45) is 0 Å². The first-order valence-electron chi connectivity index (χ1n) is 7.52. The fourth-order valence-electron chi connectivity index (χ4n) is 1.57. The minimum atomic E-state index is -4.40. The summed E-state index contributed by atoms with van der Waals surface area (Å²) in [6, 6.07) is 0. The number of rotatable bonds is 5. The molecule has 128 valence electrons. The summed E-state index contributed by atoms with van der Waals surface area (Å²) >= 11 is 0. The van der Waals surface area contributed by atoms with E-state index in [0.29, 0.717) is 12.3 Å². The van der Waals surface area contributed by atoms with Crippen LogP contribution in [0.4, 0.5) is 0 Å². The van der Waals surface area contributed by atoms with E-state index in [4.69, 9.17) is 0 Å². The molecule has 0 heterocycles. The van der Waals surface area contributed by atoms with Crippen LogP contribution in [-0.2, 0) is 10.3 Å². The Morgan fingerprint density at radius 1 is 0.818 bits per heavy atom. The monoisotopic (exact) mass is 359 g/mol. The van der Waals surface area contributed by atoms with Crippen LogP contribution in [0.25, 0.3) is 0 Å². The molecule has 8 heteroatoms. The normalized spacial score (nSPS) is 14.9. The van der Waals surface area contributed by atoms with Crippen LogP contribution in [0.15, 0.2) is 0 Å². The minimum Gasteiger partial charge on any atom is -0.735 e. The maximum absolute atomic E-state index is 11.8. The molecular formula is C14H34LiNO3SSi2. The van der Waals surface area contributed by atoms with Gasteiger partial charge in [0.2, 0.25) is 0 Å². The predicted molar refractivity (Wildman–Crippen MR) is 95.7 cm³/mol. The molecule has 0 spiro atoms. The summed E-state index contributed by atoms with van der Waals surface area (Å²) in [5.74, 6) is 0. The van der Waals surface area contributed by atoms with Crippen LogP contribution in [0.1, 0.15) is 41.5 Å². The summed E-state index contributed by atoms with van der Waals surface area (Å²) in [7, 11) is -8.13. The Labute approximate surface area is 152 Å². The number of nitrogens with zero attached hydrogens (tertiary/aromatic N) is 1. The van der Waals surface area contributed by atoms with Gasteiger partial charge in [0.05, 0.1) is 16.1 Å². The molecule has 0 radical (unpaired) electrons. The van der Waals surface area contributed by atoms with Gasteiger partial charge in [0, 0.05) is 12.3 Å². The van der Waals surface area contributed by atoms with Crippen LogP contribution in [0.3, 0.4) is 0 Å². The molecule has 0 atom stereocenters. The van der Waals surface area contributed by atoms with E-state index in [9.17, 15) is 13.0 Å². The zero-order valence-electron chi connectivity index (χ0n) is 16.5. The molecule has 4 nitrogen and oxygen atoms in total. The van der Waals surface area contributed by atoms with Gasteiger partial charge in [-0.25, -0.2) is 12.7 Å². The van der Waals surface area contributed by atoms with Crippen molar-refractivity contribution in [1.82, 2.24) is 4.31 Å². The minimum absolute atomic E-state index is 0. The van der Waals surface area contributed by atoms with E-state index in [2.05, 4.69) is 67.7 Å². The third kappa shape index (κ3) is 6.80. The zero-order valence-corrected chi connectivity index (χ0v) is 19.3. The third-order valence-electron chi connectivity index (χ3n) is 5.52. The van der Waals surface area contributed by atoms with Gasteiger partial charge in [0.25, 0.3) is 0 Å². The largest absolute Gasteiger partial charge is 1.00 e. The Morgan fingerprint density at radius 3 is 1.18 bits per heavy atom. The molecule has 0 bridgehead atoms. The van der Waals surface area contributed by atoms with Crippen molar-refractivity contribution in [2.75, 3.05) is 12.3 Å².